The van der Waals surface area contributed by atoms with Gasteiger partial charge in [-0.3, -0.25) is 4.79 Å². The summed E-state index contributed by atoms with van der Waals surface area (Å²) in [5, 5.41) is 1.92. The molecule has 3 rings (SSSR count). The highest BCUT2D eigenvalue weighted by molar-refractivity contribution is 5.82. The van der Waals surface area contributed by atoms with E-state index in [4.69, 9.17) is 0 Å². The topological polar surface area (TPSA) is 45.2 Å². The standard InChI is InChI=1S/C19H16F7N3O/c20-12-6-4-11(5-7-12)13-8-9-29(10-14(13)27-17(30)19(24,25)26)16-3-1-2-15(28-16)18(21,22)23/h1-7,13-14H,8-10H2,(H,27,30). The molecule has 0 spiro atoms. The number of nitrogens with one attached hydrogen (secondary N) is 1. The second kappa shape index (κ2) is 8.11. The monoisotopic (exact) mass is 435 g/mol. The van der Waals surface area contributed by atoms with Gasteiger partial charge < -0.3 is 10.2 Å². The largest absolute Gasteiger partial charge is 0.471 e. The number of piperidine rings is 1. The zero-order valence-electron chi connectivity index (χ0n) is 15.3. The molecule has 2 aromatic rings. The molecule has 1 amide bonds. The van der Waals surface area contributed by atoms with E-state index in [1.165, 1.54) is 23.1 Å². The lowest BCUT2D eigenvalue weighted by atomic mass is 9.85. The Morgan fingerprint density at radius 3 is 2.30 bits per heavy atom. The summed E-state index contributed by atoms with van der Waals surface area (Å²) in [6, 6.07) is 7.30. The van der Waals surface area contributed by atoms with Crippen LogP contribution >= 0.6 is 0 Å². The van der Waals surface area contributed by atoms with Gasteiger partial charge in [-0.2, -0.15) is 26.3 Å². The van der Waals surface area contributed by atoms with Crippen molar-refractivity contribution in [1.29, 1.82) is 0 Å². The molecule has 2 heterocycles. The zero-order valence-corrected chi connectivity index (χ0v) is 15.3. The SMILES string of the molecule is O=C(NC1CN(c2cccc(C(F)(F)F)n2)CCC1c1ccc(F)cc1)C(F)(F)F. The number of anilines is 1. The predicted octanol–water partition coefficient (Wildman–Crippen LogP) is 4.28. The van der Waals surface area contributed by atoms with Crippen molar-refractivity contribution in [2.24, 2.45) is 0 Å². The fourth-order valence-corrected chi connectivity index (χ4v) is 3.42. The normalized spacial score (nSPS) is 20.2. The molecule has 162 valence electrons. The van der Waals surface area contributed by atoms with Gasteiger partial charge in [-0.05, 0) is 36.2 Å². The van der Waals surface area contributed by atoms with Gasteiger partial charge in [-0.15, -0.1) is 0 Å². The maximum absolute atomic E-state index is 13.2. The highest BCUT2D eigenvalue weighted by Crippen LogP contribution is 2.33. The smallest absolute Gasteiger partial charge is 0.355 e. The fourth-order valence-electron chi connectivity index (χ4n) is 3.42. The summed E-state index contributed by atoms with van der Waals surface area (Å²) in [5.74, 6) is -3.33. The summed E-state index contributed by atoms with van der Waals surface area (Å²) in [6.07, 6.45) is -9.58. The maximum atomic E-state index is 13.2. The van der Waals surface area contributed by atoms with Gasteiger partial charge in [0.2, 0.25) is 0 Å². The molecular weight excluding hydrogens is 419 g/mol. The van der Waals surface area contributed by atoms with Crippen LogP contribution in [0.5, 0.6) is 0 Å². The molecule has 1 N–H and O–H groups in total. The lowest BCUT2D eigenvalue weighted by Gasteiger charge is -2.40. The Bertz CT molecular complexity index is 896. The number of hydrogen-bond donors (Lipinski definition) is 1. The van der Waals surface area contributed by atoms with Gasteiger partial charge >= 0.3 is 18.3 Å². The van der Waals surface area contributed by atoms with Crippen molar-refractivity contribution in [2.75, 3.05) is 18.0 Å². The van der Waals surface area contributed by atoms with E-state index in [-0.39, 0.29) is 25.3 Å². The van der Waals surface area contributed by atoms with Crippen molar-refractivity contribution in [2.45, 2.75) is 30.7 Å². The molecule has 1 aliphatic heterocycles. The third kappa shape index (κ3) is 5.00. The van der Waals surface area contributed by atoms with E-state index in [0.717, 1.165) is 24.3 Å². The maximum Gasteiger partial charge on any atom is 0.471 e. The molecule has 1 fully saturated rings. The Morgan fingerprint density at radius 1 is 1.03 bits per heavy atom. The van der Waals surface area contributed by atoms with Crippen LogP contribution in [0.25, 0.3) is 0 Å². The Labute approximate surface area is 166 Å². The van der Waals surface area contributed by atoms with Crippen molar-refractivity contribution in [3.05, 3.63) is 59.5 Å². The summed E-state index contributed by atoms with van der Waals surface area (Å²) < 4.78 is 90.4. The number of alkyl halides is 6. The first kappa shape index (κ1) is 21.8. The van der Waals surface area contributed by atoms with Gasteiger partial charge in [0, 0.05) is 19.0 Å². The quantitative estimate of drug-likeness (QED) is 0.733. The van der Waals surface area contributed by atoms with Crippen LogP contribution < -0.4 is 10.2 Å². The second-order valence-corrected chi connectivity index (χ2v) is 6.85. The predicted molar refractivity (Wildman–Crippen MR) is 93.2 cm³/mol. The van der Waals surface area contributed by atoms with Crippen LogP contribution in [-0.4, -0.2) is 36.2 Å². The third-order valence-electron chi connectivity index (χ3n) is 4.83. The van der Waals surface area contributed by atoms with E-state index < -0.39 is 41.7 Å². The van der Waals surface area contributed by atoms with Gasteiger partial charge in [0.05, 0.1) is 6.04 Å². The van der Waals surface area contributed by atoms with Crippen LogP contribution in [0.15, 0.2) is 42.5 Å². The van der Waals surface area contributed by atoms with Crippen LogP contribution in [0.2, 0.25) is 0 Å². The highest BCUT2D eigenvalue weighted by Gasteiger charge is 2.42. The summed E-state index contributed by atoms with van der Waals surface area (Å²) in [5.41, 5.74) is -0.614. The third-order valence-corrected chi connectivity index (χ3v) is 4.83. The van der Waals surface area contributed by atoms with E-state index in [1.54, 1.807) is 0 Å². The summed E-state index contributed by atoms with van der Waals surface area (Å²) in [7, 11) is 0. The van der Waals surface area contributed by atoms with Crippen molar-refractivity contribution in [1.82, 2.24) is 10.3 Å². The number of halogens is 7. The molecule has 2 atom stereocenters. The van der Waals surface area contributed by atoms with Crippen LogP contribution in [0.4, 0.5) is 36.6 Å². The van der Waals surface area contributed by atoms with Crippen molar-refractivity contribution >= 4 is 11.7 Å². The summed E-state index contributed by atoms with van der Waals surface area (Å²) in [6.45, 7) is -0.00703. The second-order valence-electron chi connectivity index (χ2n) is 6.85. The average Bonchev–Trinajstić information content (AvgIpc) is 2.67. The van der Waals surface area contributed by atoms with Gasteiger partial charge in [0.15, 0.2) is 0 Å². The van der Waals surface area contributed by atoms with Gasteiger partial charge in [-0.1, -0.05) is 18.2 Å². The van der Waals surface area contributed by atoms with E-state index in [1.807, 2.05) is 5.32 Å². The van der Waals surface area contributed by atoms with Crippen LogP contribution in [0, 0.1) is 5.82 Å². The molecular formula is C19H16F7N3O. The number of pyridine rings is 1. The Balaban J connectivity index is 1.88. The minimum Gasteiger partial charge on any atom is -0.355 e. The van der Waals surface area contributed by atoms with E-state index >= 15 is 0 Å². The van der Waals surface area contributed by atoms with Crippen LogP contribution in [0.1, 0.15) is 23.6 Å². The number of aromatic nitrogens is 1. The minimum atomic E-state index is -5.12. The van der Waals surface area contributed by atoms with Gasteiger partial charge in [0.25, 0.3) is 0 Å². The van der Waals surface area contributed by atoms with E-state index in [2.05, 4.69) is 4.98 Å². The molecule has 0 radical (unpaired) electrons. The molecule has 0 aliphatic carbocycles. The highest BCUT2D eigenvalue weighted by atomic mass is 19.4. The Morgan fingerprint density at radius 2 is 1.70 bits per heavy atom. The molecule has 0 saturated carbocycles. The van der Waals surface area contributed by atoms with Crippen LogP contribution in [-0.2, 0) is 11.0 Å². The van der Waals surface area contributed by atoms with Gasteiger partial charge in [0.1, 0.15) is 17.3 Å². The summed E-state index contributed by atoms with van der Waals surface area (Å²) >= 11 is 0. The Kier molecular flexibility index (Phi) is 5.91. The van der Waals surface area contributed by atoms with Gasteiger partial charge in [-0.25, -0.2) is 9.37 Å². The van der Waals surface area contributed by atoms with E-state index in [0.29, 0.717) is 5.56 Å². The number of rotatable bonds is 3. The average molecular weight is 435 g/mol. The molecule has 30 heavy (non-hydrogen) atoms. The zero-order chi connectivity index (χ0) is 22.1. The molecule has 1 aromatic carbocycles. The molecule has 2 unspecified atom stereocenters. The first-order valence-electron chi connectivity index (χ1n) is 8.87. The molecule has 4 nitrogen and oxygen atoms in total. The number of nitrogens with zero attached hydrogens (tertiary/aromatic N) is 2. The van der Waals surface area contributed by atoms with E-state index in [9.17, 15) is 35.5 Å². The molecule has 1 saturated heterocycles. The molecule has 0 bridgehead atoms. The van der Waals surface area contributed by atoms with Crippen molar-refractivity contribution < 1.29 is 35.5 Å². The molecule has 1 aromatic heterocycles. The lowest BCUT2D eigenvalue weighted by Crippen LogP contribution is -2.54. The van der Waals surface area contributed by atoms with Crippen molar-refractivity contribution in [3.8, 4) is 0 Å². The molecule has 1 aliphatic rings. The first-order chi connectivity index (χ1) is 13.9. The molecule has 11 heteroatoms. The summed E-state index contributed by atoms with van der Waals surface area (Å²) in [4.78, 5) is 16.5. The first-order valence-corrected chi connectivity index (χ1v) is 8.87. The van der Waals surface area contributed by atoms with Crippen LogP contribution in [0.3, 0.4) is 0 Å². The number of carbonyl (C=O) groups excluding carboxylic acids is 1. The minimum absolute atomic E-state index is 0.0614. The fraction of sp³-hybridized carbons (Fsp3) is 0.368. The lowest BCUT2D eigenvalue weighted by molar-refractivity contribution is -0.174. The number of benzene rings is 1. The number of hydrogen-bond acceptors (Lipinski definition) is 3. The number of carbonyl (C=O) groups is 1. The Hall–Kier alpha value is -2.85. The number of amides is 1. The van der Waals surface area contributed by atoms with Crippen molar-refractivity contribution in [3.63, 3.8) is 0 Å².